The third-order valence-corrected chi connectivity index (χ3v) is 4.83. The molecule has 4 aromatic rings. The first-order valence-electron chi connectivity index (χ1n) is 9.30. The highest BCUT2D eigenvalue weighted by atomic mass is 16.6. The van der Waals surface area contributed by atoms with Gasteiger partial charge >= 0.3 is 0 Å². The van der Waals surface area contributed by atoms with Gasteiger partial charge in [0, 0.05) is 6.42 Å². The van der Waals surface area contributed by atoms with Gasteiger partial charge in [0.05, 0.1) is 29.6 Å². The number of fused-ring (bicyclic) bond motifs is 1. The average Bonchev–Trinajstić information content (AvgIpc) is 3.43. The standard InChI is InChI=1S/C21H16N6O3/c28-20-14-11-24-27(19(14)22-12-23-20)17-9-5-4-8-15(17)25-21(29)18-10-16(26-30-18)13-6-2-1-3-7-13/h1-9,11-12,18H,10H2,(H,25,29)(H,22,23,28). The van der Waals surface area contributed by atoms with Gasteiger partial charge in [0.25, 0.3) is 11.5 Å². The summed E-state index contributed by atoms with van der Waals surface area (Å²) in [6.07, 6.45) is 2.40. The highest BCUT2D eigenvalue weighted by Crippen LogP contribution is 2.24. The van der Waals surface area contributed by atoms with Crippen molar-refractivity contribution in [3.8, 4) is 5.69 Å². The Balaban J connectivity index is 1.40. The molecule has 2 aromatic carbocycles. The van der Waals surface area contributed by atoms with Crippen LogP contribution in [0.5, 0.6) is 0 Å². The molecule has 3 heterocycles. The van der Waals surface area contributed by atoms with Gasteiger partial charge in [0.2, 0.25) is 6.10 Å². The van der Waals surface area contributed by atoms with Crippen LogP contribution >= 0.6 is 0 Å². The lowest BCUT2D eigenvalue weighted by atomic mass is 10.0. The van der Waals surface area contributed by atoms with Crippen LogP contribution in [0.2, 0.25) is 0 Å². The lowest BCUT2D eigenvalue weighted by Crippen LogP contribution is -2.28. The van der Waals surface area contributed by atoms with Crippen molar-refractivity contribution >= 4 is 28.3 Å². The summed E-state index contributed by atoms with van der Waals surface area (Å²) in [4.78, 5) is 36.9. The normalized spacial score (nSPS) is 15.6. The summed E-state index contributed by atoms with van der Waals surface area (Å²) in [5.41, 5.74) is 2.87. The van der Waals surface area contributed by atoms with Gasteiger partial charge in [-0.1, -0.05) is 47.6 Å². The van der Waals surface area contributed by atoms with E-state index in [9.17, 15) is 9.59 Å². The third kappa shape index (κ3) is 3.12. The summed E-state index contributed by atoms with van der Waals surface area (Å²) >= 11 is 0. The first kappa shape index (κ1) is 17.8. The SMILES string of the molecule is O=C(Nc1ccccc1-n1ncc2c(=O)[nH]cnc21)C1CC(c2ccccc2)=NO1. The van der Waals surface area contributed by atoms with E-state index in [0.717, 1.165) is 11.3 Å². The quantitative estimate of drug-likeness (QED) is 0.545. The second-order valence-corrected chi connectivity index (χ2v) is 6.73. The lowest BCUT2D eigenvalue weighted by molar-refractivity contribution is -0.125. The van der Waals surface area contributed by atoms with E-state index in [1.165, 1.54) is 17.2 Å². The predicted molar refractivity (Wildman–Crippen MR) is 111 cm³/mol. The number of aromatic amines is 1. The van der Waals surface area contributed by atoms with E-state index in [4.69, 9.17) is 4.84 Å². The van der Waals surface area contributed by atoms with Gasteiger partial charge in [-0.25, -0.2) is 9.67 Å². The monoisotopic (exact) mass is 400 g/mol. The van der Waals surface area contributed by atoms with Crippen LogP contribution in [0.25, 0.3) is 16.7 Å². The van der Waals surface area contributed by atoms with Crippen LogP contribution in [-0.2, 0) is 9.63 Å². The molecule has 1 aliphatic heterocycles. The number of amides is 1. The van der Waals surface area contributed by atoms with Crippen molar-refractivity contribution in [2.45, 2.75) is 12.5 Å². The Bertz CT molecular complexity index is 1330. The molecule has 9 heteroatoms. The molecule has 0 saturated carbocycles. The number of nitrogens with zero attached hydrogens (tertiary/aromatic N) is 4. The highest BCUT2D eigenvalue weighted by molar-refractivity contribution is 6.06. The van der Waals surface area contributed by atoms with Gasteiger partial charge in [0.1, 0.15) is 5.39 Å². The van der Waals surface area contributed by atoms with E-state index in [1.807, 2.05) is 36.4 Å². The molecular formula is C21H16N6O3. The maximum Gasteiger partial charge on any atom is 0.268 e. The van der Waals surface area contributed by atoms with Crippen LogP contribution in [0.1, 0.15) is 12.0 Å². The number of anilines is 1. The minimum absolute atomic E-state index is 0.280. The van der Waals surface area contributed by atoms with Crippen LogP contribution in [0.3, 0.4) is 0 Å². The summed E-state index contributed by atoms with van der Waals surface area (Å²) in [5.74, 6) is -0.320. The number of hydrogen-bond donors (Lipinski definition) is 2. The Morgan fingerprint density at radius 1 is 1.13 bits per heavy atom. The van der Waals surface area contributed by atoms with E-state index in [0.29, 0.717) is 28.8 Å². The first-order valence-corrected chi connectivity index (χ1v) is 9.30. The zero-order valence-corrected chi connectivity index (χ0v) is 15.6. The molecule has 148 valence electrons. The predicted octanol–water partition coefficient (Wildman–Crippen LogP) is 2.24. The number of hydrogen-bond acceptors (Lipinski definition) is 6. The molecule has 1 unspecified atom stereocenters. The molecule has 2 N–H and O–H groups in total. The maximum atomic E-state index is 12.8. The zero-order chi connectivity index (χ0) is 20.5. The molecule has 1 aliphatic rings. The highest BCUT2D eigenvalue weighted by Gasteiger charge is 2.29. The van der Waals surface area contributed by atoms with E-state index in [2.05, 4.69) is 25.5 Å². The molecule has 0 aliphatic carbocycles. The first-order chi connectivity index (χ1) is 14.7. The van der Waals surface area contributed by atoms with Gasteiger partial charge in [-0.05, 0) is 17.7 Å². The van der Waals surface area contributed by atoms with Crippen molar-refractivity contribution in [3.05, 3.63) is 83.0 Å². The fourth-order valence-electron chi connectivity index (χ4n) is 3.33. The minimum atomic E-state index is -0.733. The smallest absolute Gasteiger partial charge is 0.268 e. The summed E-state index contributed by atoms with van der Waals surface area (Å²) in [7, 11) is 0. The van der Waals surface area contributed by atoms with Gasteiger partial charge in [-0.3, -0.25) is 9.59 Å². The van der Waals surface area contributed by atoms with Crippen molar-refractivity contribution < 1.29 is 9.63 Å². The van der Waals surface area contributed by atoms with E-state index < -0.39 is 6.10 Å². The molecule has 0 bridgehead atoms. The number of nitrogens with one attached hydrogen (secondary N) is 2. The number of carbonyl (C=O) groups excluding carboxylic acids is 1. The molecule has 0 saturated heterocycles. The summed E-state index contributed by atoms with van der Waals surface area (Å²) < 4.78 is 1.52. The molecule has 0 fully saturated rings. The summed E-state index contributed by atoms with van der Waals surface area (Å²) in [6.45, 7) is 0. The number of benzene rings is 2. The summed E-state index contributed by atoms with van der Waals surface area (Å²) in [6, 6.07) is 16.7. The fourth-order valence-corrected chi connectivity index (χ4v) is 3.33. The fraction of sp³-hybridized carbons (Fsp3) is 0.0952. The van der Waals surface area contributed by atoms with E-state index in [1.54, 1.807) is 18.2 Å². The Kier molecular flexibility index (Phi) is 4.32. The number of H-pyrrole nitrogens is 1. The topological polar surface area (TPSA) is 114 Å². The molecule has 9 nitrogen and oxygen atoms in total. The Morgan fingerprint density at radius 2 is 1.93 bits per heavy atom. The van der Waals surface area contributed by atoms with Gasteiger partial charge in [-0.15, -0.1) is 0 Å². The number of rotatable bonds is 4. The van der Waals surface area contributed by atoms with Crippen molar-refractivity contribution in [1.29, 1.82) is 0 Å². The van der Waals surface area contributed by atoms with Crippen LogP contribution < -0.4 is 10.9 Å². The minimum Gasteiger partial charge on any atom is -0.382 e. The van der Waals surface area contributed by atoms with Crippen molar-refractivity contribution in [2.75, 3.05) is 5.32 Å². The zero-order valence-electron chi connectivity index (χ0n) is 15.6. The summed E-state index contributed by atoms with van der Waals surface area (Å²) in [5, 5.41) is 11.6. The van der Waals surface area contributed by atoms with E-state index in [-0.39, 0.29) is 11.5 Å². The molecule has 2 aromatic heterocycles. The Labute approximate surface area is 170 Å². The molecule has 0 spiro atoms. The second kappa shape index (κ2) is 7.28. The van der Waals surface area contributed by atoms with Crippen molar-refractivity contribution in [3.63, 3.8) is 0 Å². The number of carbonyl (C=O) groups is 1. The Morgan fingerprint density at radius 3 is 2.80 bits per heavy atom. The Hall–Kier alpha value is -4.27. The van der Waals surface area contributed by atoms with Crippen LogP contribution in [0.4, 0.5) is 5.69 Å². The second-order valence-electron chi connectivity index (χ2n) is 6.73. The molecule has 5 rings (SSSR count). The lowest BCUT2D eigenvalue weighted by Gasteiger charge is -2.13. The van der Waals surface area contributed by atoms with Gasteiger partial charge < -0.3 is 15.1 Å². The van der Waals surface area contributed by atoms with Gasteiger partial charge in [0.15, 0.2) is 5.65 Å². The number of oxime groups is 1. The molecular weight excluding hydrogens is 384 g/mol. The van der Waals surface area contributed by atoms with Crippen LogP contribution in [0.15, 0.2) is 77.1 Å². The molecule has 1 amide bonds. The molecule has 30 heavy (non-hydrogen) atoms. The van der Waals surface area contributed by atoms with Crippen molar-refractivity contribution in [1.82, 2.24) is 19.7 Å². The van der Waals surface area contributed by atoms with Crippen LogP contribution in [-0.4, -0.2) is 37.5 Å². The molecule has 1 atom stereocenters. The van der Waals surface area contributed by atoms with Crippen molar-refractivity contribution in [2.24, 2.45) is 5.16 Å². The third-order valence-electron chi connectivity index (χ3n) is 4.83. The number of aromatic nitrogens is 4. The number of para-hydroxylation sites is 2. The molecule has 0 radical (unpaired) electrons. The average molecular weight is 400 g/mol. The van der Waals surface area contributed by atoms with Crippen LogP contribution in [0, 0.1) is 0 Å². The largest absolute Gasteiger partial charge is 0.382 e. The van der Waals surface area contributed by atoms with Gasteiger partial charge in [-0.2, -0.15) is 5.10 Å². The van der Waals surface area contributed by atoms with E-state index >= 15 is 0 Å². The maximum absolute atomic E-state index is 12.8.